The van der Waals surface area contributed by atoms with Crippen LogP contribution < -0.4 is 5.32 Å². The van der Waals surface area contributed by atoms with Gasteiger partial charge >= 0.3 is 18.0 Å². The van der Waals surface area contributed by atoms with E-state index >= 15 is 0 Å². The molecule has 3 rings (SSSR count). The minimum atomic E-state index is -0.833. The lowest BCUT2D eigenvalue weighted by Gasteiger charge is -2.42. The van der Waals surface area contributed by atoms with Crippen molar-refractivity contribution in [3.8, 4) is 0 Å². The number of methoxy groups -OCH3 is 1. The average molecular weight is 376 g/mol. The Balaban J connectivity index is 1.67. The molecule has 0 aromatic heterocycles. The number of ether oxygens (including phenoxy) is 2. The molecule has 9 nitrogen and oxygen atoms in total. The fraction of sp³-hybridized carbons (Fsp3) is 0.500. The Morgan fingerprint density at radius 1 is 1.04 bits per heavy atom. The molecule has 146 valence electrons. The zero-order chi connectivity index (χ0) is 19.2. The number of amides is 4. The third-order valence-electron chi connectivity index (χ3n) is 4.69. The highest BCUT2D eigenvalue weighted by Gasteiger charge is 2.39. The fourth-order valence-corrected chi connectivity index (χ4v) is 3.19. The Kier molecular flexibility index (Phi) is 6.12. The number of benzene rings is 1. The number of para-hydroxylation sites is 1. The number of piperazine rings is 1. The van der Waals surface area contributed by atoms with Crippen LogP contribution in [0, 0.1) is 0 Å². The predicted octanol–water partition coefficient (Wildman–Crippen LogP) is 0.830. The first-order valence-corrected chi connectivity index (χ1v) is 8.92. The van der Waals surface area contributed by atoms with E-state index in [-0.39, 0.29) is 25.2 Å². The van der Waals surface area contributed by atoms with Gasteiger partial charge in [0.05, 0.1) is 26.9 Å². The third kappa shape index (κ3) is 4.48. The van der Waals surface area contributed by atoms with Gasteiger partial charge in [0.15, 0.2) is 0 Å². The van der Waals surface area contributed by atoms with E-state index < -0.39 is 12.0 Å². The number of urea groups is 2. The highest BCUT2D eigenvalue weighted by atomic mass is 16.5. The molecule has 1 unspecified atom stereocenters. The third-order valence-corrected chi connectivity index (χ3v) is 4.69. The maximum Gasteiger partial charge on any atom is 0.330 e. The maximum absolute atomic E-state index is 12.8. The van der Waals surface area contributed by atoms with E-state index in [9.17, 15) is 14.4 Å². The van der Waals surface area contributed by atoms with Crippen LogP contribution in [0.25, 0.3) is 0 Å². The van der Waals surface area contributed by atoms with E-state index in [2.05, 4.69) is 5.32 Å². The molecule has 0 radical (unpaired) electrons. The number of carbonyl (C=O) groups is 3. The van der Waals surface area contributed by atoms with Gasteiger partial charge in [-0.2, -0.15) is 0 Å². The topological polar surface area (TPSA) is 91.4 Å². The summed E-state index contributed by atoms with van der Waals surface area (Å²) in [4.78, 5) is 42.3. The molecule has 2 heterocycles. The molecule has 2 aliphatic rings. The number of morpholine rings is 1. The lowest BCUT2D eigenvalue weighted by molar-refractivity contribution is -0.147. The number of nitrogens with one attached hydrogen (secondary N) is 1. The summed E-state index contributed by atoms with van der Waals surface area (Å²) in [7, 11) is 1.28. The van der Waals surface area contributed by atoms with Crippen LogP contribution in [0.2, 0.25) is 0 Å². The summed E-state index contributed by atoms with van der Waals surface area (Å²) in [6.07, 6.45) is 0. The molecule has 0 spiro atoms. The van der Waals surface area contributed by atoms with Crippen molar-refractivity contribution in [2.45, 2.75) is 6.04 Å². The maximum atomic E-state index is 12.8. The van der Waals surface area contributed by atoms with Gasteiger partial charge < -0.3 is 29.5 Å². The Morgan fingerprint density at radius 3 is 2.41 bits per heavy atom. The van der Waals surface area contributed by atoms with E-state index in [1.165, 1.54) is 16.9 Å². The van der Waals surface area contributed by atoms with Crippen LogP contribution in [-0.2, 0) is 14.3 Å². The summed E-state index contributed by atoms with van der Waals surface area (Å²) in [5, 5.41) is 2.80. The van der Waals surface area contributed by atoms with Gasteiger partial charge in [0.25, 0.3) is 0 Å². The van der Waals surface area contributed by atoms with Crippen molar-refractivity contribution in [1.82, 2.24) is 14.7 Å². The molecule has 9 heteroatoms. The van der Waals surface area contributed by atoms with Crippen molar-refractivity contribution in [1.29, 1.82) is 0 Å². The van der Waals surface area contributed by atoms with Crippen LogP contribution in [-0.4, -0.2) is 91.8 Å². The molecule has 2 aliphatic heterocycles. The average Bonchev–Trinajstić information content (AvgIpc) is 2.73. The second-order valence-corrected chi connectivity index (χ2v) is 6.36. The van der Waals surface area contributed by atoms with Crippen LogP contribution in [0.1, 0.15) is 0 Å². The summed E-state index contributed by atoms with van der Waals surface area (Å²) in [6, 6.07) is 7.71. The molecule has 0 bridgehead atoms. The smallest absolute Gasteiger partial charge is 0.330 e. The molecule has 1 aromatic carbocycles. The first kappa shape index (κ1) is 19.0. The van der Waals surface area contributed by atoms with Gasteiger partial charge in [-0.1, -0.05) is 18.2 Å². The lowest BCUT2D eigenvalue weighted by atomic mass is 10.1. The molecule has 0 saturated carbocycles. The summed E-state index contributed by atoms with van der Waals surface area (Å²) in [6.45, 7) is 2.62. The van der Waals surface area contributed by atoms with Gasteiger partial charge in [-0.05, 0) is 12.1 Å². The summed E-state index contributed by atoms with van der Waals surface area (Å²) in [5.41, 5.74) is 0.670. The highest BCUT2D eigenvalue weighted by Crippen LogP contribution is 2.16. The number of carbonyl (C=O) groups excluding carboxylic acids is 3. The van der Waals surface area contributed by atoms with Crippen molar-refractivity contribution in [3.63, 3.8) is 0 Å². The van der Waals surface area contributed by atoms with Gasteiger partial charge in [0.2, 0.25) is 0 Å². The molecule has 0 aliphatic carbocycles. The largest absolute Gasteiger partial charge is 0.467 e. The van der Waals surface area contributed by atoms with Crippen molar-refractivity contribution < 1.29 is 23.9 Å². The number of nitrogens with zero attached hydrogens (tertiary/aromatic N) is 3. The number of rotatable bonds is 2. The van der Waals surface area contributed by atoms with Crippen LogP contribution in [0.15, 0.2) is 30.3 Å². The van der Waals surface area contributed by atoms with Crippen LogP contribution in [0.3, 0.4) is 0 Å². The molecule has 1 aromatic rings. The lowest BCUT2D eigenvalue weighted by Crippen LogP contribution is -2.63. The zero-order valence-corrected chi connectivity index (χ0v) is 15.3. The van der Waals surface area contributed by atoms with Crippen LogP contribution >= 0.6 is 0 Å². The second-order valence-electron chi connectivity index (χ2n) is 6.36. The Morgan fingerprint density at radius 2 is 1.74 bits per heavy atom. The van der Waals surface area contributed by atoms with E-state index in [1.54, 1.807) is 17.0 Å². The van der Waals surface area contributed by atoms with E-state index in [0.29, 0.717) is 38.5 Å². The van der Waals surface area contributed by atoms with Crippen molar-refractivity contribution in [2.75, 3.05) is 58.4 Å². The summed E-state index contributed by atoms with van der Waals surface area (Å²) >= 11 is 0. The second kappa shape index (κ2) is 8.72. The SMILES string of the molecule is COC(=O)C1CN(C(=O)Nc2ccccc2)CCN1C(=O)N1CCOCC1. The molecule has 2 fully saturated rings. The molecule has 27 heavy (non-hydrogen) atoms. The van der Waals surface area contributed by atoms with Gasteiger partial charge in [-0.3, -0.25) is 0 Å². The molecule has 2 saturated heterocycles. The number of esters is 1. The van der Waals surface area contributed by atoms with Gasteiger partial charge in [0, 0.05) is 31.9 Å². The molecule has 1 N–H and O–H groups in total. The first-order chi connectivity index (χ1) is 13.1. The van der Waals surface area contributed by atoms with Gasteiger partial charge in [0.1, 0.15) is 6.04 Å². The van der Waals surface area contributed by atoms with Gasteiger partial charge in [-0.15, -0.1) is 0 Å². The van der Waals surface area contributed by atoms with Crippen molar-refractivity contribution in [2.24, 2.45) is 0 Å². The standard InChI is InChI=1S/C18H24N4O5/c1-26-16(23)15-13-21(17(24)19-14-5-3-2-4-6-14)7-8-22(15)18(25)20-9-11-27-12-10-20/h2-6,15H,7-13H2,1H3,(H,19,24). The Labute approximate surface area is 157 Å². The Bertz CT molecular complexity index is 678. The van der Waals surface area contributed by atoms with E-state index in [4.69, 9.17) is 9.47 Å². The number of anilines is 1. The van der Waals surface area contributed by atoms with Crippen LogP contribution in [0.4, 0.5) is 15.3 Å². The number of hydrogen-bond acceptors (Lipinski definition) is 5. The molecular weight excluding hydrogens is 352 g/mol. The molecule has 4 amide bonds. The monoisotopic (exact) mass is 376 g/mol. The number of hydrogen-bond donors (Lipinski definition) is 1. The summed E-state index contributed by atoms with van der Waals surface area (Å²) in [5.74, 6) is -0.533. The normalized spacial score (nSPS) is 20.2. The zero-order valence-electron chi connectivity index (χ0n) is 15.3. The Hall–Kier alpha value is -2.81. The first-order valence-electron chi connectivity index (χ1n) is 8.92. The fourth-order valence-electron chi connectivity index (χ4n) is 3.19. The minimum Gasteiger partial charge on any atom is -0.467 e. The van der Waals surface area contributed by atoms with Gasteiger partial charge in [-0.25, -0.2) is 14.4 Å². The van der Waals surface area contributed by atoms with E-state index in [0.717, 1.165) is 0 Å². The minimum absolute atomic E-state index is 0.0847. The summed E-state index contributed by atoms with van der Waals surface area (Å²) < 4.78 is 10.1. The van der Waals surface area contributed by atoms with Crippen LogP contribution in [0.5, 0.6) is 0 Å². The molecule has 1 atom stereocenters. The quantitative estimate of drug-likeness (QED) is 0.772. The molecular formula is C18H24N4O5. The highest BCUT2D eigenvalue weighted by molar-refractivity contribution is 5.91. The van der Waals surface area contributed by atoms with Crippen molar-refractivity contribution in [3.05, 3.63) is 30.3 Å². The van der Waals surface area contributed by atoms with Crippen molar-refractivity contribution >= 4 is 23.7 Å². The predicted molar refractivity (Wildman–Crippen MR) is 97.3 cm³/mol. The van der Waals surface area contributed by atoms with E-state index in [1.807, 2.05) is 18.2 Å².